The molecule has 0 spiro atoms. The maximum atomic E-state index is 12.2. The second kappa shape index (κ2) is 7.70. The second-order valence-corrected chi connectivity index (χ2v) is 5.74. The monoisotopic (exact) mass is 340 g/mol. The lowest BCUT2D eigenvalue weighted by atomic mass is 10.1. The first-order valence-electron chi connectivity index (χ1n) is 8.10. The normalized spacial score (nSPS) is 13.1. The molecule has 0 fully saturated rings. The molecule has 25 heavy (non-hydrogen) atoms. The number of carbonyl (C=O) groups is 2. The summed E-state index contributed by atoms with van der Waals surface area (Å²) in [5, 5.41) is 5.68. The molecule has 2 amide bonds. The molecular formula is C19H20N2O4. The van der Waals surface area contributed by atoms with Gasteiger partial charge in [-0.3, -0.25) is 9.59 Å². The van der Waals surface area contributed by atoms with E-state index in [2.05, 4.69) is 10.6 Å². The lowest BCUT2D eigenvalue weighted by Crippen LogP contribution is -2.24. The number of carbonyl (C=O) groups excluding carboxylic acids is 2. The molecule has 2 N–H and O–H groups in total. The molecule has 1 heterocycles. The molecule has 130 valence electrons. The van der Waals surface area contributed by atoms with E-state index in [1.54, 1.807) is 19.2 Å². The highest BCUT2D eigenvalue weighted by Gasteiger charge is 2.15. The minimum atomic E-state index is -0.105. The van der Waals surface area contributed by atoms with Crippen LogP contribution in [0, 0.1) is 0 Å². The van der Waals surface area contributed by atoms with Crippen LogP contribution in [0.3, 0.4) is 0 Å². The third-order valence-electron chi connectivity index (χ3n) is 3.94. The van der Waals surface area contributed by atoms with Crippen LogP contribution < -0.4 is 20.1 Å². The van der Waals surface area contributed by atoms with Crippen molar-refractivity contribution < 1.29 is 19.1 Å². The van der Waals surface area contributed by atoms with Crippen LogP contribution in [-0.2, 0) is 22.6 Å². The minimum Gasteiger partial charge on any atom is -0.496 e. The van der Waals surface area contributed by atoms with Crippen molar-refractivity contribution in [3.05, 3.63) is 53.6 Å². The van der Waals surface area contributed by atoms with E-state index in [9.17, 15) is 9.59 Å². The van der Waals surface area contributed by atoms with Gasteiger partial charge in [-0.25, -0.2) is 0 Å². The molecule has 2 aromatic rings. The number of rotatable bonds is 5. The van der Waals surface area contributed by atoms with Crippen molar-refractivity contribution in [3.8, 4) is 11.5 Å². The van der Waals surface area contributed by atoms with E-state index in [1.807, 2.05) is 30.3 Å². The van der Waals surface area contributed by atoms with E-state index in [1.165, 1.54) is 0 Å². The summed E-state index contributed by atoms with van der Waals surface area (Å²) in [5.74, 6) is 1.18. The number of methoxy groups -OCH3 is 1. The lowest BCUT2D eigenvalue weighted by molar-refractivity contribution is -0.120. The summed E-state index contributed by atoms with van der Waals surface area (Å²) in [6.07, 6.45) is 0.543. The Morgan fingerprint density at radius 3 is 2.96 bits per heavy atom. The third-order valence-corrected chi connectivity index (χ3v) is 3.94. The summed E-state index contributed by atoms with van der Waals surface area (Å²) in [4.78, 5) is 23.8. The highest BCUT2D eigenvalue weighted by Crippen LogP contribution is 2.28. The Hall–Kier alpha value is -3.02. The topological polar surface area (TPSA) is 76.7 Å². The van der Waals surface area contributed by atoms with Gasteiger partial charge < -0.3 is 20.1 Å². The molecule has 1 aliphatic heterocycles. The zero-order chi connectivity index (χ0) is 17.6. The van der Waals surface area contributed by atoms with Crippen LogP contribution in [0.2, 0.25) is 0 Å². The van der Waals surface area contributed by atoms with Crippen molar-refractivity contribution >= 4 is 17.5 Å². The zero-order valence-electron chi connectivity index (χ0n) is 14.0. The number of fused-ring (bicyclic) bond motifs is 1. The number of ether oxygens (including phenoxy) is 2. The van der Waals surface area contributed by atoms with Gasteiger partial charge in [-0.1, -0.05) is 24.3 Å². The van der Waals surface area contributed by atoms with Crippen LogP contribution in [-0.4, -0.2) is 25.5 Å². The van der Waals surface area contributed by atoms with Gasteiger partial charge in [0.1, 0.15) is 11.5 Å². The van der Waals surface area contributed by atoms with Crippen molar-refractivity contribution in [2.75, 3.05) is 19.0 Å². The maximum Gasteiger partial charge on any atom is 0.227 e. The molecule has 0 unspecified atom stereocenters. The summed E-state index contributed by atoms with van der Waals surface area (Å²) in [6, 6.07) is 12.9. The van der Waals surface area contributed by atoms with Crippen LogP contribution >= 0.6 is 0 Å². The maximum absolute atomic E-state index is 12.2. The van der Waals surface area contributed by atoms with Crippen molar-refractivity contribution in [3.63, 3.8) is 0 Å². The second-order valence-electron chi connectivity index (χ2n) is 5.74. The third kappa shape index (κ3) is 4.29. The lowest BCUT2D eigenvalue weighted by Gasteiger charge is -2.11. The fraction of sp³-hybridized carbons (Fsp3) is 0.263. The number of hydrogen-bond acceptors (Lipinski definition) is 4. The van der Waals surface area contributed by atoms with E-state index < -0.39 is 0 Å². The van der Waals surface area contributed by atoms with Gasteiger partial charge in [0.2, 0.25) is 11.8 Å². The molecule has 0 aliphatic carbocycles. The summed E-state index contributed by atoms with van der Waals surface area (Å²) in [5.41, 5.74) is 2.33. The number of amides is 2. The molecule has 0 bridgehead atoms. The van der Waals surface area contributed by atoms with Crippen LogP contribution in [0.15, 0.2) is 42.5 Å². The largest absolute Gasteiger partial charge is 0.496 e. The smallest absolute Gasteiger partial charge is 0.227 e. The summed E-state index contributed by atoms with van der Waals surface area (Å²) < 4.78 is 10.8. The predicted octanol–water partition coefficient (Wildman–Crippen LogP) is 2.28. The number of nitrogens with one attached hydrogen (secondary N) is 2. The first-order valence-corrected chi connectivity index (χ1v) is 8.10. The first kappa shape index (κ1) is 16.8. The van der Waals surface area contributed by atoms with E-state index in [4.69, 9.17) is 9.47 Å². The summed E-state index contributed by atoms with van der Waals surface area (Å²) >= 11 is 0. The van der Waals surface area contributed by atoms with E-state index >= 15 is 0 Å². The van der Waals surface area contributed by atoms with Gasteiger partial charge in [0.15, 0.2) is 0 Å². The highest BCUT2D eigenvalue weighted by atomic mass is 16.5. The molecule has 0 atom stereocenters. The fourth-order valence-electron chi connectivity index (χ4n) is 2.67. The van der Waals surface area contributed by atoms with E-state index in [0.717, 1.165) is 16.9 Å². The summed E-state index contributed by atoms with van der Waals surface area (Å²) in [6.45, 7) is 0.755. The number of anilines is 1. The van der Waals surface area contributed by atoms with Crippen molar-refractivity contribution in [1.29, 1.82) is 0 Å². The van der Waals surface area contributed by atoms with Gasteiger partial charge in [-0.05, 0) is 23.8 Å². The van der Waals surface area contributed by atoms with Crippen LogP contribution in [0.5, 0.6) is 11.5 Å². The molecule has 6 heteroatoms. The zero-order valence-corrected chi connectivity index (χ0v) is 14.0. The van der Waals surface area contributed by atoms with Gasteiger partial charge in [0.25, 0.3) is 0 Å². The first-order chi connectivity index (χ1) is 12.2. The highest BCUT2D eigenvalue weighted by molar-refractivity contribution is 5.93. The van der Waals surface area contributed by atoms with Crippen molar-refractivity contribution in [1.82, 2.24) is 5.32 Å². The number of benzene rings is 2. The standard InChI is InChI=1S/C19H20N2O4/c1-24-16-5-3-2-4-14(16)12-20-19(23)11-13-6-7-17-15(10-13)21-18(22)8-9-25-17/h2-7,10H,8-9,11-12H2,1H3,(H,20,23)(H,21,22). The SMILES string of the molecule is COc1ccccc1CNC(=O)Cc1ccc2c(c1)NC(=O)CCO2. The van der Waals surface area contributed by atoms with Gasteiger partial charge in [0.05, 0.1) is 32.2 Å². The number of hydrogen-bond donors (Lipinski definition) is 2. The van der Waals surface area contributed by atoms with Crippen molar-refractivity contribution in [2.24, 2.45) is 0 Å². The van der Waals surface area contributed by atoms with Crippen LogP contribution in [0.4, 0.5) is 5.69 Å². The molecule has 3 rings (SSSR count). The average Bonchev–Trinajstić information content (AvgIpc) is 2.80. The Kier molecular flexibility index (Phi) is 5.18. The molecular weight excluding hydrogens is 320 g/mol. The van der Waals surface area contributed by atoms with Crippen LogP contribution in [0.25, 0.3) is 0 Å². The van der Waals surface area contributed by atoms with Crippen molar-refractivity contribution in [2.45, 2.75) is 19.4 Å². The molecule has 0 aromatic heterocycles. The predicted molar refractivity (Wildman–Crippen MR) is 93.7 cm³/mol. The van der Waals surface area contributed by atoms with Gasteiger partial charge in [-0.15, -0.1) is 0 Å². The molecule has 0 saturated carbocycles. The molecule has 1 aliphatic rings. The molecule has 6 nitrogen and oxygen atoms in total. The quantitative estimate of drug-likeness (QED) is 0.875. The summed E-state index contributed by atoms with van der Waals surface area (Å²) in [7, 11) is 1.60. The molecule has 0 radical (unpaired) electrons. The Labute approximate surface area is 146 Å². The van der Waals surface area contributed by atoms with Gasteiger partial charge in [0, 0.05) is 12.1 Å². The number of para-hydroxylation sites is 1. The van der Waals surface area contributed by atoms with E-state index in [-0.39, 0.29) is 18.2 Å². The fourth-order valence-corrected chi connectivity index (χ4v) is 2.67. The van der Waals surface area contributed by atoms with Gasteiger partial charge >= 0.3 is 0 Å². The van der Waals surface area contributed by atoms with Gasteiger partial charge in [-0.2, -0.15) is 0 Å². The Bertz CT molecular complexity index is 789. The minimum absolute atomic E-state index is 0.0866. The van der Waals surface area contributed by atoms with Crippen LogP contribution in [0.1, 0.15) is 17.5 Å². The Balaban J connectivity index is 1.62. The molecule has 2 aromatic carbocycles. The Morgan fingerprint density at radius 2 is 2.12 bits per heavy atom. The van der Waals surface area contributed by atoms with E-state index in [0.29, 0.717) is 31.0 Å². The molecule has 0 saturated heterocycles. The Morgan fingerprint density at radius 1 is 1.28 bits per heavy atom. The average molecular weight is 340 g/mol.